The Morgan fingerprint density at radius 1 is 1.29 bits per heavy atom. The largest absolute Gasteiger partial charge is 0.377 e. The van der Waals surface area contributed by atoms with E-state index < -0.39 is 0 Å². The molecule has 3 heteroatoms. The lowest BCUT2D eigenvalue weighted by Gasteiger charge is -2.40. The van der Waals surface area contributed by atoms with Crippen LogP contribution in [0, 0.1) is 20.8 Å². The van der Waals surface area contributed by atoms with Gasteiger partial charge in [-0.25, -0.2) is 0 Å². The first-order valence-corrected chi connectivity index (χ1v) is 7.95. The molecule has 2 unspecified atom stereocenters. The zero-order valence-corrected chi connectivity index (χ0v) is 14.2. The molecule has 1 aromatic rings. The van der Waals surface area contributed by atoms with Crippen LogP contribution in [0.4, 0.5) is 0 Å². The topological polar surface area (TPSA) is 38.5 Å². The second kappa shape index (κ2) is 6.47. The minimum atomic E-state index is -0.0185. The van der Waals surface area contributed by atoms with Gasteiger partial charge in [0.25, 0.3) is 0 Å². The maximum absolute atomic E-state index is 6.53. The third-order valence-corrected chi connectivity index (χ3v) is 4.79. The Morgan fingerprint density at radius 3 is 2.48 bits per heavy atom. The molecule has 0 bridgehead atoms. The number of aryl methyl sites for hydroxylation is 3. The first-order chi connectivity index (χ1) is 9.84. The number of methoxy groups -OCH3 is 1. The molecule has 2 rings (SSSR count). The van der Waals surface area contributed by atoms with Crippen LogP contribution in [-0.4, -0.2) is 37.2 Å². The molecule has 118 valence electrons. The fraction of sp³-hybridized carbons (Fsp3) is 0.667. The molecule has 0 spiro atoms. The minimum Gasteiger partial charge on any atom is -0.377 e. The highest BCUT2D eigenvalue weighted by atomic mass is 16.5. The number of nitrogens with zero attached hydrogens (tertiary/aromatic N) is 1. The van der Waals surface area contributed by atoms with Crippen LogP contribution in [-0.2, 0) is 4.74 Å². The van der Waals surface area contributed by atoms with Crippen LogP contribution in [0.25, 0.3) is 0 Å². The van der Waals surface area contributed by atoms with Crippen molar-refractivity contribution < 1.29 is 4.74 Å². The third kappa shape index (κ3) is 3.85. The normalized spacial score (nSPS) is 25.0. The number of benzene rings is 1. The molecule has 0 aliphatic carbocycles. The van der Waals surface area contributed by atoms with Gasteiger partial charge in [-0.05, 0) is 63.8 Å². The van der Waals surface area contributed by atoms with Gasteiger partial charge in [-0.2, -0.15) is 0 Å². The number of nitrogens with two attached hydrogens (primary N) is 1. The quantitative estimate of drug-likeness (QED) is 0.926. The lowest BCUT2D eigenvalue weighted by molar-refractivity contribution is -0.0517. The van der Waals surface area contributed by atoms with Crippen LogP contribution < -0.4 is 5.73 Å². The molecular formula is C18H30N2O. The number of hydrogen-bond donors (Lipinski definition) is 1. The Hall–Kier alpha value is -0.900. The molecule has 0 amide bonds. The summed E-state index contributed by atoms with van der Waals surface area (Å²) in [5.41, 5.74) is 11.8. The Balaban J connectivity index is 2.10. The van der Waals surface area contributed by atoms with Crippen LogP contribution in [0.3, 0.4) is 0 Å². The predicted molar refractivity (Wildman–Crippen MR) is 88.7 cm³/mol. The summed E-state index contributed by atoms with van der Waals surface area (Å²) in [4.78, 5) is 2.45. The van der Waals surface area contributed by atoms with Gasteiger partial charge in [0.1, 0.15) is 0 Å². The van der Waals surface area contributed by atoms with E-state index in [1.807, 2.05) is 7.11 Å². The van der Waals surface area contributed by atoms with E-state index in [0.717, 1.165) is 26.1 Å². The molecule has 2 atom stereocenters. The van der Waals surface area contributed by atoms with E-state index in [1.165, 1.54) is 28.7 Å². The predicted octanol–water partition coefficient (Wildman–Crippen LogP) is 3.11. The van der Waals surface area contributed by atoms with Crippen molar-refractivity contribution in [3.05, 3.63) is 34.4 Å². The van der Waals surface area contributed by atoms with Gasteiger partial charge in [0, 0.05) is 26.2 Å². The van der Waals surface area contributed by atoms with E-state index in [2.05, 4.69) is 44.7 Å². The van der Waals surface area contributed by atoms with E-state index in [4.69, 9.17) is 10.5 Å². The van der Waals surface area contributed by atoms with Gasteiger partial charge < -0.3 is 10.5 Å². The molecule has 21 heavy (non-hydrogen) atoms. The summed E-state index contributed by atoms with van der Waals surface area (Å²) < 4.78 is 5.68. The van der Waals surface area contributed by atoms with Gasteiger partial charge >= 0.3 is 0 Å². The van der Waals surface area contributed by atoms with Crippen molar-refractivity contribution in [2.24, 2.45) is 5.73 Å². The molecule has 1 aromatic carbocycles. The minimum absolute atomic E-state index is 0.0185. The molecule has 1 aliphatic heterocycles. The van der Waals surface area contributed by atoms with Crippen molar-refractivity contribution in [3.8, 4) is 0 Å². The number of piperidine rings is 1. The summed E-state index contributed by atoms with van der Waals surface area (Å²) in [5, 5.41) is 0. The molecule has 0 radical (unpaired) electrons. The first kappa shape index (κ1) is 16.5. The average molecular weight is 290 g/mol. The maximum atomic E-state index is 6.53. The first-order valence-electron chi connectivity index (χ1n) is 7.95. The molecule has 1 heterocycles. The molecule has 0 saturated carbocycles. The van der Waals surface area contributed by atoms with Crippen molar-refractivity contribution in [1.29, 1.82) is 0 Å². The smallest absolute Gasteiger partial charge is 0.0777 e. The Kier molecular flexibility index (Phi) is 5.07. The maximum Gasteiger partial charge on any atom is 0.0777 e. The monoisotopic (exact) mass is 290 g/mol. The standard InChI is InChI=1S/C18H30N2O/c1-13-9-14(2)17(15(3)10-13)16(19)11-20-8-6-7-18(4,12-20)21-5/h9-10,16H,6-8,11-12,19H2,1-5H3. The molecule has 1 fully saturated rings. The van der Waals surface area contributed by atoms with Crippen molar-refractivity contribution in [2.45, 2.75) is 52.2 Å². The van der Waals surface area contributed by atoms with Crippen LogP contribution in [0.5, 0.6) is 0 Å². The summed E-state index contributed by atoms with van der Waals surface area (Å²) in [6, 6.07) is 4.54. The van der Waals surface area contributed by atoms with Crippen molar-refractivity contribution >= 4 is 0 Å². The second-order valence-electron chi connectivity index (χ2n) is 6.91. The van der Waals surface area contributed by atoms with Gasteiger partial charge in [0.05, 0.1) is 5.60 Å². The van der Waals surface area contributed by atoms with Crippen LogP contribution >= 0.6 is 0 Å². The highest BCUT2D eigenvalue weighted by Crippen LogP contribution is 2.27. The summed E-state index contributed by atoms with van der Waals surface area (Å²) in [5.74, 6) is 0. The Morgan fingerprint density at radius 2 is 1.90 bits per heavy atom. The number of likely N-dealkylation sites (tertiary alicyclic amines) is 1. The van der Waals surface area contributed by atoms with Crippen LogP contribution in [0.2, 0.25) is 0 Å². The van der Waals surface area contributed by atoms with Crippen LogP contribution in [0.15, 0.2) is 12.1 Å². The van der Waals surface area contributed by atoms with Crippen molar-refractivity contribution in [2.75, 3.05) is 26.7 Å². The van der Waals surface area contributed by atoms with Gasteiger partial charge in [-0.3, -0.25) is 4.90 Å². The summed E-state index contributed by atoms with van der Waals surface area (Å²) >= 11 is 0. The molecule has 0 aromatic heterocycles. The lowest BCUT2D eigenvalue weighted by Crippen LogP contribution is -2.49. The van der Waals surface area contributed by atoms with Crippen molar-refractivity contribution in [1.82, 2.24) is 4.90 Å². The molecule has 3 nitrogen and oxygen atoms in total. The van der Waals surface area contributed by atoms with E-state index in [9.17, 15) is 0 Å². The van der Waals surface area contributed by atoms with E-state index >= 15 is 0 Å². The second-order valence-corrected chi connectivity index (χ2v) is 6.91. The number of rotatable bonds is 4. The fourth-order valence-corrected chi connectivity index (χ4v) is 3.78. The van der Waals surface area contributed by atoms with Gasteiger partial charge in [-0.15, -0.1) is 0 Å². The molecular weight excluding hydrogens is 260 g/mol. The SMILES string of the molecule is COC1(C)CCCN(CC(N)c2c(C)cc(C)cc2C)C1. The van der Waals surface area contributed by atoms with Crippen molar-refractivity contribution in [3.63, 3.8) is 0 Å². The third-order valence-electron chi connectivity index (χ3n) is 4.79. The molecule has 1 saturated heterocycles. The summed E-state index contributed by atoms with van der Waals surface area (Å²) in [6.07, 6.45) is 2.32. The summed E-state index contributed by atoms with van der Waals surface area (Å²) in [6.45, 7) is 11.7. The lowest BCUT2D eigenvalue weighted by atomic mass is 9.91. The number of hydrogen-bond acceptors (Lipinski definition) is 3. The van der Waals surface area contributed by atoms with Gasteiger partial charge in [-0.1, -0.05) is 17.7 Å². The van der Waals surface area contributed by atoms with E-state index in [-0.39, 0.29) is 11.6 Å². The molecule has 1 aliphatic rings. The Bertz CT molecular complexity index is 477. The average Bonchev–Trinajstić information content (AvgIpc) is 2.37. The van der Waals surface area contributed by atoms with Gasteiger partial charge in [0.2, 0.25) is 0 Å². The summed E-state index contributed by atoms with van der Waals surface area (Å²) in [7, 11) is 1.82. The zero-order valence-electron chi connectivity index (χ0n) is 14.2. The number of ether oxygens (including phenoxy) is 1. The van der Waals surface area contributed by atoms with Gasteiger partial charge in [0.15, 0.2) is 0 Å². The zero-order chi connectivity index (χ0) is 15.6. The highest BCUT2D eigenvalue weighted by molar-refractivity contribution is 5.39. The highest BCUT2D eigenvalue weighted by Gasteiger charge is 2.31. The van der Waals surface area contributed by atoms with E-state index in [0.29, 0.717) is 0 Å². The molecule has 2 N–H and O–H groups in total. The van der Waals surface area contributed by atoms with Crippen LogP contribution in [0.1, 0.15) is 48.1 Å². The Labute approximate surface area is 129 Å². The van der Waals surface area contributed by atoms with E-state index in [1.54, 1.807) is 0 Å². The fourth-order valence-electron chi connectivity index (χ4n) is 3.78.